The molecular weight excluding hydrogens is 222 g/mol. The van der Waals surface area contributed by atoms with Crippen molar-refractivity contribution in [2.24, 2.45) is 0 Å². The molecule has 0 fully saturated rings. The van der Waals surface area contributed by atoms with E-state index in [1.165, 1.54) is 0 Å². The maximum Gasteiger partial charge on any atom is 0.143 e. The van der Waals surface area contributed by atoms with Gasteiger partial charge in [0.05, 0.1) is 19.3 Å². The molecule has 0 aliphatic rings. The Morgan fingerprint density at radius 3 is 3.06 bits per heavy atom. The summed E-state index contributed by atoms with van der Waals surface area (Å²) in [5, 5.41) is 6.27. The molecule has 1 aromatic heterocycles. The fraction of sp³-hybridized carbons (Fsp3) is 0.182. The zero-order valence-corrected chi connectivity index (χ0v) is 9.75. The molecule has 1 heterocycles. The Labute approximate surface area is 98.1 Å². The number of nitrogens with two attached hydrogens (primary N) is 1. The summed E-state index contributed by atoms with van der Waals surface area (Å²) < 4.78 is 5.14. The third-order valence-corrected chi connectivity index (χ3v) is 2.94. The van der Waals surface area contributed by atoms with Crippen LogP contribution in [0.3, 0.4) is 0 Å². The Balaban J connectivity index is 2.04. The van der Waals surface area contributed by atoms with Crippen molar-refractivity contribution in [2.75, 3.05) is 18.2 Å². The van der Waals surface area contributed by atoms with Crippen molar-refractivity contribution in [1.82, 2.24) is 4.98 Å². The number of hydrogen-bond acceptors (Lipinski definition) is 5. The smallest absolute Gasteiger partial charge is 0.143 e. The predicted molar refractivity (Wildman–Crippen MR) is 66.8 cm³/mol. The second-order valence-corrected chi connectivity index (χ2v) is 4.22. The monoisotopic (exact) mass is 235 g/mol. The molecule has 84 valence electrons. The molecule has 2 aromatic rings. The first-order valence-corrected chi connectivity index (χ1v) is 5.73. The topological polar surface area (TPSA) is 60.2 Å². The highest BCUT2D eigenvalue weighted by atomic mass is 32.1. The first kappa shape index (κ1) is 10.8. The fourth-order valence-electron chi connectivity index (χ4n) is 1.34. The van der Waals surface area contributed by atoms with Crippen LogP contribution in [0.15, 0.2) is 29.8 Å². The average molecular weight is 235 g/mol. The van der Waals surface area contributed by atoms with Gasteiger partial charge in [-0.05, 0) is 12.1 Å². The molecule has 0 spiro atoms. The van der Waals surface area contributed by atoms with E-state index in [0.717, 1.165) is 10.7 Å². The van der Waals surface area contributed by atoms with Gasteiger partial charge in [-0.25, -0.2) is 4.98 Å². The molecule has 1 aromatic carbocycles. The van der Waals surface area contributed by atoms with Crippen LogP contribution in [0.4, 0.5) is 11.4 Å². The molecule has 5 heteroatoms. The number of nitrogens with zero attached hydrogens (tertiary/aromatic N) is 1. The van der Waals surface area contributed by atoms with E-state index in [9.17, 15) is 0 Å². The number of nitrogen functional groups attached to an aromatic ring is 1. The summed E-state index contributed by atoms with van der Waals surface area (Å²) in [5.74, 6) is 0.684. The van der Waals surface area contributed by atoms with Crippen LogP contribution in [0, 0.1) is 0 Å². The van der Waals surface area contributed by atoms with E-state index in [0.29, 0.717) is 18.0 Å². The minimum Gasteiger partial charge on any atom is -0.495 e. The van der Waals surface area contributed by atoms with Crippen molar-refractivity contribution >= 4 is 22.7 Å². The van der Waals surface area contributed by atoms with E-state index in [-0.39, 0.29) is 0 Å². The van der Waals surface area contributed by atoms with E-state index >= 15 is 0 Å². The lowest BCUT2D eigenvalue weighted by molar-refractivity contribution is 0.417. The Morgan fingerprint density at radius 2 is 2.38 bits per heavy atom. The molecule has 3 N–H and O–H groups in total. The summed E-state index contributed by atoms with van der Waals surface area (Å²) in [4.78, 5) is 4.19. The molecule has 0 aliphatic carbocycles. The van der Waals surface area contributed by atoms with Crippen LogP contribution >= 0.6 is 11.3 Å². The number of nitrogens with one attached hydrogen (secondary N) is 1. The summed E-state index contributed by atoms with van der Waals surface area (Å²) in [6.45, 7) is 0.713. The zero-order chi connectivity index (χ0) is 11.4. The van der Waals surface area contributed by atoms with Crippen LogP contribution in [-0.4, -0.2) is 12.1 Å². The number of methoxy groups -OCH3 is 1. The van der Waals surface area contributed by atoms with Crippen molar-refractivity contribution in [1.29, 1.82) is 0 Å². The summed E-state index contributed by atoms with van der Waals surface area (Å²) in [6, 6.07) is 5.62. The second kappa shape index (κ2) is 4.85. The Morgan fingerprint density at radius 1 is 1.50 bits per heavy atom. The Hall–Kier alpha value is -1.75. The third kappa shape index (κ3) is 2.43. The maximum atomic E-state index is 5.73. The van der Waals surface area contributed by atoms with Gasteiger partial charge < -0.3 is 15.8 Å². The molecule has 0 radical (unpaired) electrons. The highest BCUT2D eigenvalue weighted by Crippen LogP contribution is 2.25. The predicted octanol–water partition coefficient (Wildman–Crippen LogP) is 2.35. The molecule has 4 nitrogen and oxygen atoms in total. The molecular formula is C11H13N3OS. The van der Waals surface area contributed by atoms with Gasteiger partial charge in [0.2, 0.25) is 0 Å². The highest BCUT2D eigenvalue weighted by molar-refractivity contribution is 7.09. The molecule has 0 unspecified atom stereocenters. The molecule has 0 amide bonds. The molecule has 0 bridgehead atoms. The minimum atomic E-state index is 0.641. The van der Waals surface area contributed by atoms with Gasteiger partial charge in [0.25, 0.3) is 0 Å². The first-order chi connectivity index (χ1) is 7.79. The average Bonchev–Trinajstić information content (AvgIpc) is 2.81. The normalized spacial score (nSPS) is 10.1. The zero-order valence-electron chi connectivity index (χ0n) is 8.93. The SMILES string of the molecule is COc1cc(NCc2nccs2)ccc1N. The van der Waals surface area contributed by atoms with Gasteiger partial charge in [-0.15, -0.1) is 11.3 Å². The number of benzene rings is 1. The lowest BCUT2D eigenvalue weighted by Gasteiger charge is -2.08. The van der Waals surface area contributed by atoms with Gasteiger partial charge >= 0.3 is 0 Å². The number of hydrogen-bond donors (Lipinski definition) is 2. The highest BCUT2D eigenvalue weighted by Gasteiger charge is 2.01. The van der Waals surface area contributed by atoms with Crippen molar-refractivity contribution in [2.45, 2.75) is 6.54 Å². The Kier molecular flexibility index (Phi) is 3.26. The number of anilines is 2. The van der Waals surface area contributed by atoms with E-state index in [2.05, 4.69) is 10.3 Å². The van der Waals surface area contributed by atoms with E-state index in [1.807, 2.05) is 23.6 Å². The molecule has 0 saturated carbocycles. The van der Waals surface area contributed by atoms with Crippen LogP contribution in [-0.2, 0) is 6.54 Å². The van der Waals surface area contributed by atoms with Crippen molar-refractivity contribution < 1.29 is 4.74 Å². The quantitative estimate of drug-likeness (QED) is 0.799. The van der Waals surface area contributed by atoms with E-state index < -0.39 is 0 Å². The summed E-state index contributed by atoms with van der Waals surface area (Å²) in [7, 11) is 1.61. The number of rotatable bonds is 4. The van der Waals surface area contributed by atoms with Gasteiger partial charge in [-0.2, -0.15) is 0 Å². The molecule has 16 heavy (non-hydrogen) atoms. The van der Waals surface area contributed by atoms with Crippen LogP contribution in [0.1, 0.15) is 5.01 Å². The minimum absolute atomic E-state index is 0.641. The summed E-state index contributed by atoms with van der Waals surface area (Å²) in [6.07, 6.45) is 1.80. The molecule has 0 atom stereocenters. The largest absolute Gasteiger partial charge is 0.495 e. The second-order valence-electron chi connectivity index (χ2n) is 3.24. The van der Waals surface area contributed by atoms with Crippen LogP contribution in [0.5, 0.6) is 5.75 Å². The van der Waals surface area contributed by atoms with Crippen LogP contribution < -0.4 is 15.8 Å². The number of thiazole rings is 1. The lowest BCUT2D eigenvalue weighted by atomic mass is 10.2. The van der Waals surface area contributed by atoms with Gasteiger partial charge in [-0.3, -0.25) is 0 Å². The van der Waals surface area contributed by atoms with Crippen molar-refractivity contribution in [3.05, 3.63) is 34.8 Å². The maximum absolute atomic E-state index is 5.73. The number of aromatic nitrogens is 1. The Bertz CT molecular complexity index is 456. The van der Waals surface area contributed by atoms with Crippen LogP contribution in [0.2, 0.25) is 0 Å². The third-order valence-electron chi connectivity index (χ3n) is 2.16. The standard InChI is InChI=1S/C11H13N3OS/c1-15-10-6-8(2-3-9(10)12)14-7-11-13-4-5-16-11/h2-6,14H,7,12H2,1H3. The fourth-order valence-corrected chi connectivity index (χ4v) is 1.90. The molecule has 0 saturated heterocycles. The summed E-state index contributed by atoms with van der Waals surface area (Å²) in [5.41, 5.74) is 7.34. The van der Waals surface area contributed by atoms with Crippen LogP contribution in [0.25, 0.3) is 0 Å². The summed E-state index contributed by atoms with van der Waals surface area (Å²) >= 11 is 1.63. The van der Waals surface area contributed by atoms with E-state index in [4.69, 9.17) is 10.5 Å². The van der Waals surface area contributed by atoms with Gasteiger partial charge in [0.1, 0.15) is 10.8 Å². The first-order valence-electron chi connectivity index (χ1n) is 4.85. The number of ether oxygens (including phenoxy) is 1. The lowest BCUT2D eigenvalue weighted by Crippen LogP contribution is -2.00. The van der Waals surface area contributed by atoms with Gasteiger partial charge in [0.15, 0.2) is 0 Å². The van der Waals surface area contributed by atoms with Crippen molar-refractivity contribution in [3.8, 4) is 5.75 Å². The van der Waals surface area contributed by atoms with Gasteiger partial charge in [-0.1, -0.05) is 0 Å². The van der Waals surface area contributed by atoms with Gasteiger partial charge in [0, 0.05) is 23.3 Å². The van der Waals surface area contributed by atoms with E-state index in [1.54, 1.807) is 24.6 Å². The molecule has 0 aliphatic heterocycles. The molecule has 2 rings (SSSR count). The van der Waals surface area contributed by atoms with Crippen molar-refractivity contribution in [3.63, 3.8) is 0 Å².